The molecule has 3 heterocycles. The molecule has 1 atom stereocenters. The number of benzene rings is 1. The molecule has 0 saturated heterocycles. The van der Waals surface area contributed by atoms with E-state index < -0.39 is 23.5 Å². The van der Waals surface area contributed by atoms with E-state index in [2.05, 4.69) is 10.2 Å². The fourth-order valence-corrected chi connectivity index (χ4v) is 4.37. The van der Waals surface area contributed by atoms with Crippen LogP contribution in [0.3, 0.4) is 0 Å². The molecule has 1 aliphatic rings. The quantitative estimate of drug-likeness (QED) is 0.485. The molecule has 33 heavy (non-hydrogen) atoms. The molecule has 9 nitrogen and oxygen atoms in total. The molecular weight excluding hydrogens is 446 g/mol. The van der Waals surface area contributed by atoms with Crippen LogP contribution in [0.4, 0.5) is 5.13 Å². The maximum atomic E-state index is 13.4. The highest BCUT2D eigenvalue weighted by Gasteiger charge is 2.46. The highest BCUT2D eigenvalue weighted by molar-refractivity contribution is 7.15. The summed E-state index contributed by atoms with van der Waals surface area (Å²) in [7, 11) is 0. The number of hydrogen-bond donors (Lipinski definition) is 1. The number of aliphatic hydroxyl groups excluding tert-OH is 1. The normalized spacial score (nSPS) is 15.9. The number of carbonyl (C=O) groups is 2. The van der Waals surface area contributed by atoms with Crippen LogP contribution in [0.15, 0.2) is 46.1 Å². The molecule has 1 N–H and O–H groups in total. The molecule has 0 radical (unpaired) electrons. The third-order valence-electron chi connectivity index (χ3n) is 5.02. The van der Waals surface area contributed by atoms with Crippen LogP contribution in [0, 0.1) is 13.8 Å². The van der Waals surface area contributed by atoms with Crippen LogP contribution in [0.2, 0.25) is 0 Å². The first-order valence-electron chi connectivity index (χ1n) is 10.4. The van der Waals surface area contributed by atoms with Gasteiger partial charge in [0.2, 0.25) is 10.9 Å². The molecule has 0 fully saturated rings. The smallest absolute Gasteiger partial charge is 0.296 e. The minimum Gasteiger partial charge on any atom is -0.503 e. The summed E-state index contributed by atoms with van der Waals surface area (Å²) < 4.78 is 16.9. The van der Waals surface area contributed by atoms with E-state index in [9.17, 15) is 14.7 Å². The number of furan rings is 1. The van der Waals surface area contributed by atoms with Crippen molar-refractivity contribution in [3.63, 3.8) is 0 Å². The molecule has 0 spiro atoms. The van der Waals surface area contributed by atoms with Crippen LogP contribution in [0.5, 0.6) is 11.5 Å². The van der Waals surface area contributed by atoms with Gasteiger partial charge >= 0.3 is 0 Å². The molecule has 1 aromatic carbocycles. The largest absolute Gasteiger partial charge is 0.503 e. The van der Waals surface area contributed by atoms with Gasteiger partial charge in [-0.15, -0.1) is 10.2 Å². The van der Waals surface area contributed by atoms with E-state index in [1.54, 1.807) is 38.1 Å². The predicted octanol–water partition coefficient (Wildman–Crippen LogP) is 4.33. The monoisotopic (exact) mass is 469 g/mol. The Kier molecular flexibility index (Phi) is 6.19. The average Bonchev–Trinajstić information content (AvgIpc) is 3.48. The summed E-state index contributed by atoms with van der Waals surface area (Å²) in [5.74, 6) is -0.421. The molecule has 0 bridgehead atoms. The fourth-order valence-electron chi connectivity index (χ4n) is 3.66. The first-order chi connectivity index (χ1) is 15.8. The topological polar surface area (TPSA) is 115 Å². The lowest BCUT2D eigenvalue weighted by Gasteiger charge is -2.24. The van der Waals surface area contributed by atoms with Crippen molar-refractivity contribution in [3.8, 4) is 11.5 Å². The number of aliphatic hydroxyl groups is 1. The maximum absolute atomic E-state index is 13.4. The Labute approximate surface area is 194 Å². The molecule has 4 rings (SSSR count). The summed E-state index contributed by atoms with van der Waals surface area (Å²) in [5, 5.41) is 19.8. The summed E-state index contributed by atoms with van der Waals surface area (Å²) in [6.07, 6.45) is 0. The second kappa shape index (κ2) is 9.07. The Balaban J connectivity index is 1.88. The standard InChI is InChI=1S/C23H23N3O6S/c1-5-30-15-10-8-14(11-17(15)31-6-2)19-18(20(27)16-9-7-12(3)32-16)21(28)22(29)26(19)23-25-24-13(4)33-23/h7-11,19,28H,5-6H2,1-4H3. The van der Waals surface area contributed by atoms with Crippen LogP contribution >= 0.6 is 11.3 Å². The SMILES string of the molecule is CCOc1ccc(C2C(C(=O)c3ccc(C)o3)=C(O)C(=O)N2c2nnc(C)s2)cc1OCC. The van der Waals surface area contributed by atoms with E-state index in [1.165, 1.54) is 22.3 Å². The van der Waals surface area contributed by atoms with Gasteiger partial charge in [0.1, 0.15) is 10.8 Å². The first kappa shape index (κ1) is 22.5. The third-order valence-corrected chi connectivity index (χ3v) is 5.86. The van der Waals surface area contributed by atoms with Gasteiger partial charge in [0.05, 0.1) is 24.8 Å². The van der Waals surface area contributed by atoms with Crippen LogP contribution in [-0.2, 0) is 4.79 Å². The zero-order chi connectivity index (χ0) is 23.7. The number of aromatic nitrogens is 2. The van der Waals surface area contributed by atoms with E-state index in [0.717, 1.165) is 0 Å². The number of aryl methyl sites for hydroxylation is 2. The zero-order valence-corrected chi connectivity index (χ0v) is 19.4. The zero-order valence-electron chi connectivity index (χ0n) is 18.6. The molecule has 1 unspecified atom stereocenters. The van der Waals surface area contributed by atoms with Gasteiger partial charge in [0.15, 0.2) is 23.0 Å². The highest BCUT2D eigenvalue weighted by Crippen LogP contribution is 2.44. The third kappa shape index (κ3) is 4.09. The number of hydrogen-bond acceptors (Lipinski definition) is 9. The van der Waals surface area contributed by atoms with Crippen molar-refractivity contribution in [2.75, 3.05) is 18.1 Å². The van der Waals surface area contributed by atoms with Gasteiger partial charge in [0, 0.05) is 0 Å². The lowest BCUT2D eigenvalue weighted by Crippen LogP contribution is -2.31. The second-order valence-corrected chi connectivity index (χ2v) is 8.42. The Morgan fingerprint density at radius 3 is 2.45 bits per heavy atom. The summed E-state index contributed by atoms with van der Waals surface area (Å²) in [6, 6.07) is 7.34. The van der Waals surface area contributed by atoms with Crippen molar-refractivity contribution in [2.24, 2.45) is 0 Å². The lowest BCUT2D eigenvalue weighted by molar-refractivity contribution is -0.117. The number of anilines is 1. The Morgan fingerprint density at radius 1 is 1.12 bits per heavy atom. The van der Waals surface area contributed by atoms with Crippen molar-refractivity contribution in [3.05, 3.63) is 63.8 Å². The molecule has 10 heteroatoms. The minimum absolute atomic E-state index is 0.0260. The lowest BCUT2D eigenvalue weighted by atomic mass is 9.95. The fraction of sp³-hybridized carbons (Fsp3) is 0.304. The average molecular weight is 470 g/mol. The molecule has 172 valence electrons. The number of rotatable bonds is 8. The predicted molar refractivity (Wildman–Crippen MR) is 121 cm³/mol. The number of nitrogens with zero attached hydrogens (tertiary/aromatic N) is 3. The molecule has 1 aliphatic heterocycles. The number of Topliss-reactive ketones (excluding diaryl/α,β-unsaturated/α-hetero) is 1. The Hall–Kier alpha value is -3.66. The molecule has 3 aromatic rings. The van der Waals surface area contributed by atoms with Crippen LogP contribution < -0.4 is 14.4 Å². The van der Waals surface area contributed by atoms with E-state index in [0.29, 0.717) is 41.0 Å². The van der Waals surface area contributed by atoms with Crippen molar-refractivity contribution in [1.82, 2.24) is 10.2 Å². The molecule has 0 aliphatic carbocycles. The van der Waals surface area contributed by atoms with Gasteiger partial charge in [0.25, 0.3) is 5.91 Å². The minimum atomic E-state index is -0.961. The number of amides is 1. The van der Waals surface area contributed by atoms with E-state index >= 15 is 0 Å². The highest BCUT2D eigenvalue weighted by atomic mass is 32.1. The van der Waals surface area contributed by atoms with Crippen LogP contribution in [0.25, 0.3) is 0 Å². The van der Waals surface area contributed by atoms with Gasteiger partial charge in [-0.1, -0.05) is 17.4 Å². The number of ether oxygens (including phenoxy) is 2. The maximum Gasteiger partial charge on any atom is 0.296 e. The second-order valence-electron chi connectivity index (χ2n) is 7.26. The Morgan fingerprint density at radius 2 is 1.85 bits per heavy atom. The molecule has 1 amide bonds. The summed E-state index contributed by atoms with van der Waals surface area (Å²) >= 11 is 1.18. The van der Waals surface area contributed by atoms with E-state index in [4.69, 9.17) is 13.9 Å². The van der Waals surface area contributed by atoms with Gasteiger partial charge in [-0.05, 0) is 57.5 Å². The van der Waals surface area contributed by atoms with Crippen molar-refractivity contribution >= 4 is 28.2 Å². The summed E-state index contributed by atoms with van der Waals surface area (Å²) in [4.78, 5) is 27.8. The molecule has 0 saturated carbocycles. The van der Waals surface area contributed by atoms with Crippen molar-refractivity contribution < 1.29 is 28.6 Å². The summed E-state index contributed by atoms with van der Waals surface area (Å²) in [5.41, 5.74) is 0.438. The van der Waals surface area contributed by atoms with Crippen molar-refractivity contribution in [1.29, 1.82) is 0 Å². The summed E-state index contributed by atoms with van der Waals surface area (Å²) in [6.45, 7) is 8.01. The Bertz CT molecular complexity index is 1240. The van der Waals surface area contributed by atoms with E-state index in [1.807, 2.05) is 13.8 Å². The van der Waals surface area contributed by atoms with Gasteiger partial charge in [-0.2, -0.15) is 0 Å². The molecule has 2 aromatic heterocycles. The number of carbonyl (C=O) groups excluding carboxylic acids is 2. The van der Waals surface area contributed by atoms with Gasteiger partial charge < -0.3 is 19.0 Å². The molecular formula is C23H23N3O6S. The van der Waals surface area contributed by atoms with Crippen molar-refractivity contribution in [2.45, 2.75) is 33.7 Å². The van der Waals surface area contributed by atoms with E-state index in [-0.39, 0.29) is 16.5 Å². The number of ketones is 1. The van der Waals surface area contributed by atoms with Crippen LogP contribution in [0.1, 0.15) is 46.8 Å². The first-order valence-corrected chi connectivity index (χ1v) is 11.2. The van der Waals surface area contributed by atoms with Crippen LogP contribution in [-0.4, -0.2) is 40.2 Å². The van der Waals surface area contributed by atoms with Gasteiger partial charge in [-0.25, -0.2) is 0 Å². The van der Waals surface area contributed by atoms with Gasteiger partial charge in [-0.3, -0.25) is 14.5 Å².